The van der Waals surface area contributed by atoms with E-state index in [1.165, 1.54) is 26.6 Å². The van der Waals surface area contributed by atoms with Gasteiger partial charge in [0.25, 0.3) is 0 Å². The van der Waals surface area contributed by atoms with Gasteiger partial charge in [-0.05, 0) is 100 Å². The maximum Gasteiger partial charge on any atom is 0.164 e. The monoisotopic (exact) mass is 1060 g/mol. The molecule has 5 heterocycles. The first-order valence-electron chi connectivity index (χ1n) is 27.7. The minimum Gasteiger partial charge on any atom is -0.310 e. The summed E-state index contributed by atoms with van der Waals surface area (Å²) in [6.45, 7) is 0. The number of nitrogens with zero attached hydrogens (tertiary/aromatic N) is 7. The molecule has 15 aromatic rings. The smallest absolute Gasteiger partial charge is 0.164 e. The van der Waals surface area contributed by atoms with Crippen LogP contribution < -0.4 is 4.90 Å². The van der Waals surface area contributed by atoms with Crippen molar-refractivity contribution in [2.24, 2.45) is 0 Å². The fourth-order valence-corrected chi connectivity index (χ4v) is 14.4. The highest BCUT2D eigenvalue weighted by Crippen LogP contribution is 2.65. The van der Waals surface area contributed by atoms with Gasteiger partial charge in [-0.15, -0.1) is 11.3 Å². The Morgan fingerprint density at radius 3 is 1.59 bits per heavy atom. The Labute approximate surface area is 476 Å². The molecule has 1 aliphatic carbocycles. The zero-order valence-electron chi connectivity index (χ0n) is 44.0. The number of thiophene rings is 1. The molecule has 1 spiro atoms. The van der Waals surface area contributed by atoms with Crippen LogP contribution in [0.2, 0.25) is 0 Å². The average molecular weight is 1060 g/mol. The molecular weight excluding hydrogens is 1020 g/mol. The van der Waals surface area contributed by atoms with Crippen molar-refractivity contribution in [2.45, 2.75) is 5.41 Å². The molecule has 7 nitrogen and oxygen atoms in total. The predicted octanol–water partition coefficient (Wildman–Crippen LogP) is 18.6. The van der Waals surface area contributed by atoms with Crippen molar-refractivity contribution in [1.29, 1.82) is 0 Å². The van der Waals surface area contributed by atoms with Crippen LogP contribution in [0.25, 0.3) is 116 Å². The van der Waals surface area contributed by atoms with Crippen LogP contribution in [-0.2, 0) is 5.41 Å². The van der Waals surface area contributed by atoms with Gasteiger partial charge in [0.1, 0.15) is 0 Å². The highest BCUT2D eigenvalue weighted by atomic mass is 32.1. The number of hydrogen-bond acceptors (Lipinski definition) is 7. The summed E-state index contributed by atoms with van der Waals surface area (Å²) in [6.07, 6.45) is 0. The summed E-state index contributed by atoms with van der Waals surface area (Å²) < 4.78 is 4.59. The topological polar surface area (TPSA) is 72.6 Å². The highest BCUT2D eigenvalue weighted by Gasteiger charge is 2.52. The van der Waals surface area contributed by atoms with Gasteiger partial charge in [-0.2, -0.15) is 0 Å². The lowest BCUT2D eigenvalue weighted by molar-refractivity contribution is 0.752. The second kappa shape index (κ2) is 18.2. The molecule has 17 rings (SSSR count). The third-order valence-electron chi connectivity index (χ3n) is 16.7. The molecule has 0 atom stereocenters. The second-order valence-electron chi connectivity index (χ2n) is 21.1. The molecule has 1 aliphatic heterocycles. The molecule has 0 bridgehead atoms. The number of hydrogen-bond donors (Lipinski definition) is 0. The lowest BCUT2D eigenvalue weighted by atomic mass is 9.64. The summed E-state index contributed by atoms with van der Waals surface area (Å²) in [5, 5.41) is 3.47. The standard InChI is InChI=1S/C74H45N7S/c1-5-22-46(23-6-1)70-77-71(47-24-7-2-8-25-47)79-73(78-70)54-32-21-35-60-66(54)56-45-49(40-42-57(56)74(60)58-33-15-18-37-63(58)81(51-28-11-4-12-29-51)64-38-19-16-34-59(64)74)72-75-67(69-68(76-72)53-31-14-20-39-65(53)82-69)48-41-43-62-55(44-48)52-30-13-17-36-61(52)80(62)50-26-9-3-10-27-50/h1-45H. The molecule has 8 heteroatoms. The summed E-state index contributed by atoms with van der Waals surface area (Å²) in [5.41, 5.74) is 19.3. The maximum absolute atomic E-state index is 5.71. The van der Waals surface area contributed by atoms with Crippen LogP contribution in [0.3, 0.4) is 0 Å². The fraction of sp³-hybridized carbons (Fsp3) is 0.0135. The Kier molecular flexibility index (Phi) is 10.3. The Bertz CT molecular complexity index is 4950. The molecule has 0 N–H and O–H groups in total. The molecule has 0 amide bonds. The summed E-state index contributed by atoms with van der Waals surface area (Å²) in [6, 6.07) is 97.5. The number of benzene rings is 11. The second-order valence-corrected chi connectivity index (χ2v) is 22.1. The number of aromatic nitrogens is 6. The minimum absolute atomic E-state index is 0.593. The molecule has 0 radical (unpaired) electrons. The van der Waals surface area contributed by atoms with E-state index in [0.717, 1.165) is 105 Å². The van der Waals surface area contributed by atoms with E-state index >= 15 is 0 Å². The highest BCUT2D eigenvalue weighted by molar-refractivity contribution is 7.26. The molecule has 0 saturated carbocycles. The van der Waals surface area contributed by atoms with Crippen LogP contribution in [0.4, 0.5) is 17.1 Å². The average Bonchev–Trinajstić information content (AvgIpc) is 1.57. The van der Waals surface area contributed by atoms with E-state index in [1.807, 2.05) is 36.4 Å². The van der Waals surface area contributed by atoms with Crippen molar-refractivity contribution >= 4 is 70.5 Å². The zero-order chi connectivity index (χ0) is 53.9. The summed E-state index contributed by atoms with van der Waals surface area (Å²) >= 11 is 1.75. The first kappa shape index (κ1) is 46.3. The third kappa shape index (κ3) is 6.85. The van der Waals surface area contributed by atoms with Gasteiger partial charge in [0, 0.05) is 60.1 Å². The number of rotatable bonds is 7. The van der Waals surface area contributed by atoms with E-state index in [-0.39, 0.29) is 0 Å². The largest absolute Gasteiger partial charge is 0.310 e. The molecular formula is C74H45N7S. The van der Waals surface area contributed by atoms with Crippen LogP contribution >= 0.6 is 11.3 Å². The van der Waals surface area contributed by atoms with Gasteiger partial charge in [-0.1, -0.05) is 206 Å². The van der Waals surface area contributed by atoms with Crippen LogP contribution in [0, 0.1) is 0 Å². The van der Waals surface area contributed by atoms with Crippen molar-refractivity contribution in [3.8, 4) is 73.6 Å². The quantitative estimate of drug-likeness (QED) is 0.158. The summed E-state index contributed by atoms with van der Waals surface area (Å²) in [4.78, 5) is 29.7. The molecule has 0 fully saturated rings. The Morgan fingerprint density at radius 2 is 0.878 bits per heavy atom. The van der Waals surface area contributed by atoms with Crippen LogP contribution in [0.5, 0.6) is 0 Å². The van der Waals surface area contributed by atoms with E-state index in [9.17, 15) is 0 Å². The summed E-state index contributed by atoms with van der Waals surface area (Å²) in [7, 11) is 0. The lowest BCUT2D eigenvalue weighted by Gasteiger charge is -2.45. The molecule has 0 saturated heterocycles. The molecule has 82 heavy (non-hydrogen) atoms. The van der Waals surface area contributed by atoms with Crippen molar-refractivity contribution in [1.82, 2.24) is 29.5 Å². The number of fused-ring (bicyclic) bond motifs is 15. The van der Waals surface area contributed by atoms with Crippen LogP contribution in [-0.4, -0.2) is 29.5 Å². The number of anilines is 3. The predicted molar refractivity (Wildman–Crippen MR) is 335 cm³/mol. The fourth-order valence-electron chi connectivity index (χ4n) is 13.2. The SMILES string of the molecule is c1ccc(-c2nc(-c3ccccc3)nc(-c3cccc4c3-c3cc(-c5nc(-c6ccc7c(c6)c6ccccc6n7-c6ccccc6)c6sc7ccccc7c6n5)ccc3C43c4ccccc4N(c4ccccc4)c4ccccc43)n2)cc1. The van der Waals surface area contributed by atoms with Crippen LogP contribution in [0.15, 0.2) is 273 Å². The van der Waals surface area contributed by atoms with E-state index in [4.69, 9.17) is 24.9 Å². The van der Waals surface area contributed by atoms with Crippen molar-refractivity contribution in [2.75, 3.05) is 4.90 Å². The van der Waals surface area contributed by atoms with Gasteiger partial charge in [0.05, 0.1) is 43.7 Å². The van der Waals surface area contributed by atoms with Gasteiger partial charge >= 0.3 is 0 Å². The molecule has 0 unspecified atom stereocenters. The maximum atomic E-state index is 5.71. The molecule has 4 aromatic heterocycles. The van der Waals surface area contributed by atoms with E-state index in [1.54, 1.807) is 11.3 Å². The minimum atomic E-state index is -0.761. The lowest BCUT2D eigenvalue weighted by Crippen LogP contribution is -2.36. The van der Waals surface area contributed by atoms with Crippen molar-refractivity contribution in [3.05, 3.63) is 295 Å². The number of para-hydroxylation sites is 5. The van der Waals surface area contributed by atoms with Gasteiger partial charge < -0.3 is 9.47 Å². The van der Waals surface area contributed by atoms with Gasteiger partial charge in [-0.25, -0.2) is 24.9 Å². The molecule has 382 valence electrons. The third-order valence-corrected chi connectivity index (χ3v) is 17.8. The first-order chi connectivity index (χ1) is 40.7. The molecule has 2 aliphatic rings. The van der Waals surface area contributed by atoms with Gasteiger partial charge in [0.2, 0.25) is 0 Å². The Hall–Kier alpha value is -10.7. The first-order valence-corrected chi connectivity index (χ1v) is 28.5. The molecule has 11 aromatic carbocycles. The van der Waals surface area contributed by atoms with Gasteiger partial charge in [0.15, 0.2) is 23.3 Å². The van der Waals surface area contributed by atoms with E-state index < -0.39 is 5.41 Å². The van der Waals surface area contributed by atoms with E-state index in [0.29, 0.717) is 23.3 Å². The Balaban J connectivity index is 0.938. The normalized spacial score (nSPS) is 13.0. The Morgan fingerprint density at radius 1 is 0.329 bits per heavy atom. The van der Waals surface area contributed by atoms with Crippen molar-refractivity contribution in [3.63, 3.8) is 0 Å². The van der Waals surface area contributed by atoms with Crippen LogP contribution in [0.1, 0.15) is 22.3 Å². The zero-order valence-corrected chi connectivity index (χ0v) is 44.8. The van der Waals surface area contributed by atoms with Crippen molar-refractivity contribution < 1.29 is 0 Å². The van der Waals surface area contributed by atoms with E-state index in [2.05, 4.69) is 246 Å². The van der Waals surface area contributed by atoms with Gasteiger partial charge in [-0.3, -0.25) is 0 Å². The summed E-state index contributed by atoms with van der Waals surface area (Å²) in [5.74, 6) is 2.46.